The van der Waals surface area contributed by atoms with Crippen molar-refractivity contribution >= 4 is 0 Å². The fraction of sp³-hybridized carbons (Fsp3) is 0.455. The van der Waals surface area contributed by atoms with Crippen molar-refractivity contribution in [1.82, 2.24) is 0 Å². The highest BCUT2D eigenvalue weighted by Crippen LogP contribution is 2.35. The first-order valence-corrected chi connectivity index (χ1v) is 9.80. The topological polar surface area (TPSA) is 110 Å². The third kappa shape index (κ3) is 5.62. The largest absolute Gasteiger partial charge is 0.394 e. The molecule has 2 aromatic carbocycles. The highest BCUT2D eigenvalue weighted by molar-refractivity contribution is 5.37. The number of halogens is 3. The van der Waals surface area contributed by atoms with Crippen LogP contribution in [0.3, 0.4) is 0 Å². The Morgan fingerprint density at radius 1 is 0.806 bits per heavy atom. The minimum atomic E-state index is -4.28. The minimum Gasteiger partial charge on any atom is -0.394 e. The van der Waals surface area contributed by atoms with Crippen LogP contribution in [0.5, 0.6) is 0 Å². The SMILES string of the molecule is OCc1ccc(Cc2ccc(CC(F)(F)F)cc2)cc1[C@@H]1O[C@H](CO)[C@@H](O)[C@H](O)[C@H]1O. The first-order chi connectivity index (χ1) is 14.6. The van der Waals surface area contributed by atoms with E-state index in [9.17, 15) is 38.7 Å². The molecule has 0 unspecified atom stereocenters. The molecule has 1 fully saturated rings. The smallest absolute Gasteiger partial charge is 0.393 e. The fourth-order valence-corrected chi connectivity index (χ4v) is 3.76. The molecule has 6 nitrogen and oxygen atoms in total. The van der Waals surface area contributed by atoms with Crippen LogP contribution >= 0.6 is 0 Å². The molecule has 0 saturated carbocycles. The molecule has 0 aliphatic carbocycles. The van der Waals surface area contributed by atoms with Crippen LogP contribution in [0.4, 0.5) is 13.2 Å². The third-order valence-corrected chi connectivity index (χ3v) is 5.42. The Kier molecular flexibility index (Phi) is 7.35. The van der Waals surface area contributed by atoms with Crippen LogP contribution in [0, 0.1) is 0 Å². The van der Waals surface area contributed by atoms with Gasteiger partial charge in [0.15, 0.2) is 0 Å². The Balaban J connectivity index is 1.84. The van der Waals surface area contributed by atoms with Crippen molar-refractivity contribution in [3.05, 3.63) is 70.3 Å². The number of aliphatic hydroxyl groups excluding tert-OH is 5. The summed E-state index contributed by atoms with van der Waals surface area (Å²) in [5, 5.41) is 49.5. The van der Waals surface area contributed by atoms with Crippen LogP contribution in [0.1, 0.15) is 33.9 Å². The van der Waals surface area contributed by atoms with Gasteiger partial charge in [-0.05, 0) is 34.2 Å². The second-order valence-corrected chi connectivity index (χ2v) is 7.73. The molecular weight excluding hydrogens is 417 g/mol. The van der Waals surface area contributed by atoms with E-state index in [-0.39, 0.29) is 12.2 Å². The number of aliphatic hydroxyl groups is 5. The number of alkyl halides is 3. The summed E-state index contributed by atoms with van der Waals surface area (Å²) in [6.45, 7) is -0.934. The molecule has 1 aliphatic heterocycles. The first kappa shape index (κ1) is 23.6. The van der Waals surface area contributed by atoms with Gasteiger partial charge in [0.25, 0.3) is 0 Å². The van der Waals surface area contributed by atoms with E-state index < -0.39 is 49.7 Å². The van der Waals surface area contributed by atoms with Crippen LogP contribution < -0.4 is 0 Å². The van der Waals surface area contributed by atoms with Crippen LogP contribution in [-0.4, -0.2) is 62.7 Å². The van der Waals surface area contributed by atoms with E-state index in [0.29, 0.717) is 17.5 Å². The van der Waals surface area contributed by atoms with Crippen molar-refractivity contribution in [1.29, 1.82) is 0 Å². The Hall–Kier alpha value is -2.01. The molecule has 1 saturated heterocycles. The maximum atomic E-state index is 12.5. The van der Waals surface area contributed by atoms with E-state index in [1.54, 1.807) is 30.3 Å². The van der Waals surface area contributed by atoms with E-state index in [4.69, 9.17) is 4.74 Å². The molecule has 0 radical (unpaired) electrons. The number of rotatable bonds is 6. The lowest BCUT2D eigenvalue weighted by Gasteiger charge is -2.40. The van der Waals surface area contributed by atoms with Gasteiger partial charge in [-0.3, -0.25) is 0 Å². The average Bonchev–Trinajstić information content (AvgIpc) is 2.73. The standard InChI is InChI=1S/C22H25F3O6/c23-22(24,25)9-13-3-1-12(2-4-13)7-14-5-6-15(10-26)16(8-14)21-20(30)19(29)18(28)17(11-27)31-21/h1-6,8,17-21,26-30H,7,9-11H2/t17-,18-,19+,20-,21+/m1/s1. The maximum Gasteiger partial charge on any atom is 0.393 e. The van der Waals surface area contributed by atoms with Gasteiger partial charge in [0, 0.05) is 0 Å². The van der Waals surface area contributed by atoms with E-state index in [1.165, 1.54) is 12.1 Å². The van der Waals surface area contributed by atoms with Crippen LogP contribution in [0.2, 0.25) is 0 Å². The average molecular weight is 442 g/mol. The second-order valence-electron chi connectivity index (χ2n) is 7.73. The van der Waals surface area contributed by atoms with Crippen LogP contribution in [0.15, 0.2) is 42.5 Å². The van der Waals surface area contributed by atoms with E-state index in [1.807, 2.05) is 0 Å². The maximum absolute atomic E-state index is 12.5. The monoisotopic (exact) mass is 442 g/mol. The van der Waals surface area contributed by atoms with Crippen LogP contribution in [0.25, 0.3) is 0 Å². The molecule has 1 aliphatic rings. The van der Waals surface area contributed by atoms with Crippen molar-refractivity contribution in [2.24, 2.45) is 0 Å². The zero-order valence-corrected chi connectivity index (χ0v) is 16.5. The van der Waals surface area contributed by atoms with Gasteiger partial charge in [-0.1, -0.05) is 42.5 Å². The lowest BCUT2D eigenvalue weighted by atomic mass is 9.88. The summed E-state index contributed by atoms with van der Waals surface area (Å²) >= 11 is 0. The Bertz CT molecular complexity index is 869. The van der Waals surface area contributed by atoms with Crippen LogP contribution in [-0.2, 0) is 24.2 Å². The summed E-state index contributed by atoms with van der Waals surface area (Å²) in [6.07, 6.45) is -11.6. The van der Waals surface area contributed by atoms with Gasteiger partial charge >= 0.3 is 6.18 Å². The lowest BCUT2D eigenvalue weighted by molar-refractivity contribution is -0.232. The third-order valence-electron chi connectivity index (χ3n) is 5.42. The number of hydrogen-bond acceptors (Lipinski definition) is 6. The minimum absolute atomic E-state index is 0.161. The summed E-state index contributed by atoms with van der Waals surface area (Å²) in [4.78, 5) is 0. The van der Waals surface area contributed by atoms with E-state index in [2.05, 4.69) is 0 Å². The van der Waals surface area contributed by atoms with Gasteiger partial charge in [0.2, 0.25) is 0 Å². The quantitative estimate of drug-likeness (QED) is 0.463. The molecule has 5 atom stereocenters. The predicted molar refractivity (Wildman–Crippen MR) is 104 cm³/mol. The Morgan fingerprint density at radius 2 is 1.42 bits per heavy atom. The summed E-state index contributed by atoms with van der Waals surface area (Å²) in [5.41, 5.74) is 2.50. The van der Waals surface area contributed by atoms with Gasteiger partial charge in [-0.25, -0.2) is 0 Å². The normalized spacial score (nSPS) is 26.8. The summed E-state index contributed by atoms with van der Waals surface area (Å²) in [7, 11) is 0. The van der Waals surface area contributed by atoms with E-state index in [0.717, 1.165) is 11.1 Å². The molecular formula is C22H25F3O6. The van der Waals surface area contributed by atoms with E-state index >= 15 is 0 Å². The predicted octanol–water partition coefficient (Wildman–Crippen LogP) is 1.39. The molecule has 2 aromatic rings. The Morgan fingerprint density at radius 3 is 2.00 bits per heavy atom. The highest BCUT2D eigenvalue weighted by Gasteiger charge is 2.44. The van der Waals surface area contributed by atoms with Gasteiger partial charge < -0.3 is 30.3 Å². The number of ether oxygens (including phenoxy) is 1. The Labute approximate surface area is 177 Å². The summed E-state index contributed by atoms with van der Waals surface area (Å²) in [5.74, 6) is 0. The molecule has 0 spiro atoms. The molecule has 170 valence electrons. The molecule has 0 bridgehead atoms. The second kappa shape index (κ2) is 9.64. The zero-order valence-electron chi connectivity index (χ0n) is 16.5. The molecule has 5 N–H and O–H groups in total. The number of benzene rings is 2. The van der Waals surface area contributed by atoms with Gasteiger partial charge in [-0.15, -0.1) is 0 Å². The van der Waals surface area contributed by atoms with Gasteiger partial charge in [0.05, 0.1) is 19.6 Å². The molecule has 1 heterocycles. The first-order valence-electron chi connectivity index (χ1n) is 9.80. The number of hydrogen-bond donors (Lipinski definition) is 5. The lowest BCUT2D eigenvalue weighted by Crippen LogP contribution is -2.55. The van der Waals surface area contributed by atoms with Gasteiger partial charge in [0.1, 0.15) is 30.5 Å². The van der Waals surface area contributed by atoms with Crippen molar-refractivity contribution in [2.45, 2.75) is 56.1 Å². The molecule has 0 amide bonds. The molecule has 9 heteroatoms. The molecule has 3 rings (SSSR count). The molecule has 0 aromatic heterocycles. The highest BCUT2D eigenvalue weighted by atomic mass is 19.4. The fourth-order valence-electron chi connectivity index (χ4n) is 3.76. The summed E-state index contributed by atoms with van der Waals surface area (Å²) < 4.78 is 43.1. The summed E-state index contributed by atoms with van der Waals surface area (Å²) in [6, 6.07) is 11.1. The van der Waals surface area contributed by atoms with Gasteiger partial charge in [-0.2, -0.15) is 13.2 Å². The van der Waals surface area contributed by atoms with Crippen molar-refractivity contribution in [3.63, 3.8) is 0 Å². The zero-order chi connectivity index (χ0) is 22.8. The van der Waals surface area contributed by atoms with Crippen molar-refractivity contribution in [3.8, 4) is 0 Å². The van der Waals surface area contributed by atoms with Crippen molar-refractivity contribution < 1.29 is 43.4 Å². The molecule has 31 heavy (non-hydrogen) atoms. The van der Waals surface area contributed by atoms with Crippen molar-refractivity contribution in [2.75, 3.05) is 6.61 Å².